The van der Waals surface area contributed by atoms with Crippen molar-refractivity contribution in [2.75, 3.05) is 32.6 Å². The van der Waals surface area contributed by atoms with Crippen molar-refractivity contribution in [2.24, 2.45) is 0 Å². The molecule has 0 spiro atoms. The number of carbonyl (C=O) groups is 1. The van der Waals surface area contributed by atoms with Gasteiger partial charge < -0.3 is 9.80 Å². The van der Waals surface area contributed by atoms with Gasteiger partial charge >= 0.3 is 0 Å². The molecule has 0 aliphatic rings. The summed E-state index contributed by atoms with van der Waals surface area (Å²) in [7, 11) is 5.35. The summed E-state index contributed by atoms with van der Waals surface area (Å²) >= 11 is 0. The molecule has 0 saturated carbocycles. The highest BCUT2D eigenvalue weighted by Crippen LogP contribution is 2.18. The van der Waals surface area contributed by atoms with Gasteiger partial charge in [-0.3, -0.25) is 4.79 Å². The lowest BCUT2D eigenvalue weighted by Gasteiger charge is -2.20. The highest BCUT2D eigenvalue weighted by molar-refractivity contribution is 5.95. The molecular weight excluding hydrogens is 202 g/mol. The molecule has 0 saturated heterocycles. The first-order valence-corrected chi connectivity index (χ1v) is 4.96. The number of nitriles is 1. The summed E-state index contributed by atoms with van der Waals surface area (Å²) in [6.45, 7) is 0.330. The van der Waals surface area contributed by atoms with Crippen LogP contribution in [0.25, 0.3) is 0 Å². The molecule has 0 aromatic heterocycles. The van der Waals surface area contributed by atoms with E-state index in [2.05, 4.69) is 6.07 Å². The van der Waals surface area contributed by atoms with Gasteiger partial charge in [-0.1, -0.05) is 12.1 Å². The van der Waals surface area contributed by atoms with Crippen LogP contribution < -0.4 is 4.90 Å². The number of anilines is 1. The van der Waals surface area contributed by atoms with Crippen LogP contribution in [0.4, 0.5) is 5.69 Å². The van der Waals surface area contributed by atoms with Crippen molar-refractivity contribution in [2.45, 2.75) is 0 Å². The fourth-order valence-corrected chi connectivity index (χ4v) is 1.37. The van der Waals surface area contributed by atoms with Crippen LogP contribution in [-0.2, 0) is 4.79 Å². The molecule has 16 heavy (non-hydrogen) atoms. The topological polar surface area (TPSA) is 47.3 Å². The molecule has 1 aromatic carbocycles. The highest BCUT2D eigenvalue weighted by Gasteiger charge is 2.14. The lowest BCUT2D eigenvalue weighted by Crippen LogP contribution is -2.35. The Hall–Kier alpha value is -1.86. The Labute approximate surface area is 95.7 Å². The predicted molar refractivity (Wildman–Crippen MR) is 63.1 cm³/mol. The quantitative estimate of drug-likeness (QED) is 0.761. The van der Waals surface area contributed by atoms with Gasteiger partial charge in [-0.2, -0.15) is 5.26 Å². The first-order valence-electron chi connectivity index (χ1n) is 4.96. The number of para-hydroxylation sites is 1. The number of likely N-dealkylation sites (N-methyl/N-ethyl adjacent to an activating group) is 2. The zero-order valence-corrected chi connectivity index (χ0v) is 9.77. The summed E-state index contributed by atoms with van der Waals surface area (Å²) in [5.74, 6) is -0.0345. The van der Waals surface area contributed by atoms with Crippen LogP contribution in [0.3, 0.4) is 0 Å². The van der Waals surface area contributed by atoms with Gasteiger partial charge in [0, 0.05) is 7.05 Å². The first-order chi connectivity index (χ1) is 7.56. The standard InChI is InChI=1S/C12H15N3O/c1-14(2)9-12(16)15(3)11-7-5-4-6-10(11)8-13/h4-7H,9H2,1-3H3. The van der Waals surface area contributed by atoms with Gasteiger partial charge in [0.15, 0.2) is 0 Å². The molecule has 0 heterocycles. The molecule has 4 nitrogen and oxygen atoms in total. The van der Waals surface area contributed by atoms with E-state index < -0.39 is 0 Å². The van der Waals surface area contributed by atoms with E-state index in [1.165, 1.54) is 4.90 Å². The van der Waals surface area contributed by atoms with Crippen LogP contribution in [0.1, 0.15) is 5.56 Å². The van der Waals surface area contributed by atoms with Crippen LogP contribution in [0, 0.1) is 11.3 Å². The minimum absolute atomic E-state index is 0.0345. The summed E-state index contributed by atoms with van der Waals surface area (Å²) in [4.78, 5) is 15.1. The van der Waals surface area contributed by atoms with Crippen LogP contribution in [0.5, 0.6) is 0 Å². The van der Waals surface area contributed by atoms with Crippen molar-refractivity contribution in [3.63, 3.8) is 0 Å². The maximum atomic E-state index is 11.8. The summed E-state index contributed by atoms with van der Waals surface area (Å²) in [5, 5.41) is 8.93. The Kier molecular flexibility index (Phi) is 4.03. The molecule has 0 fully saturated rings. The van der Waals surface area contributed by atoms with Crippen LogP contribution >= 0.6 is 0 Å². The Morgan fingerprint density at radius 2 is 1.94 bits per heavy atom. The van der Waals surface area contributed by atoms with Crippen LogP contribution in [-0.4, -0.2) is 38.5 Å². The molecule has 1 aromatic rings. The Balaban J connectivity index is 2.92. The zero-order chi connectivity index (χ0) is 12.1. The number of hydrogen-bond donors (Lipinski definition) is 0. The smallest absolute Gasteiger partial charge is 0.240 e. The number of hydrogen-bond acceptors (Lipinski definition) is 3. The molecule has 0 unspecified atom stereocenters. The van der Waals surface area contributed by atoms with E-state index in [1.54, 1.807) is 30.1 Å². The molecule has 0 atom stereocenters. The highest BCUT2D eigenvalue weighted by atomic mass is 16.2. The number of carbonyl (C=O) groups excluding carboxylic acids is 1. The second kappa shape index (κ2) is 5.29. The largest absolute Gasteiger partial charge is 0.313 e. The lowest BCUT2D eigenvalue weighted by atomic mass is 10.2. The molecular formula is C12H15N3O. The Morgan fingerprint density at radius 3 is 2.50 bits per heavy atom. The SMILES string of the molecule is CN(C)CC(=O)N(C)c1ccccc1C#N. The molecule has 1 amide bonds. The third kappa shape index (κ3) is 2.81. The van der Waals surface area contributed by atoms with Crippen molar-refractivity contribution >= 4 is 11.6 Å². The average molecular weight is 217 g/mol. The summed E-state index contributed by atoms with van der Waals surface area (Å²) in [6.07, 6.45) is 0. The lowest BCUT2D eigenvalue weighted by molar-refractivity contribution is -0.118. The van der Waals surface area contributed by atoms with Crippen molar-refractivity contribution in [3.8, 4) is 6.07 Å². The Bertz CT molecular complexity index is 421. The van der Waals surface area contributed by atoms with Crippen LogP contribution in [0.2, 0.25) is 0 Å². The monoisotopic (exact) mass is 217 g/mol. The maximum Gasteiger partial charge on any atom is 0.240 e. The Morgan fingerprint density at radius 1 is 1.31 bits per heavy atom. The van der Waals surface area contributed by atoms with Crippen LogP contribution in [0.15, 0.2) is 24.3 Å². The molecule has 0 bridgehead atoms. The predicted octanol–water partition coefficient (Wildman–Crippen LogP) is 1.08. The average Bonchev–Trinajstić information content (AvgIpc) is 2.27. The summed E-state index contributed by atoms with van der Waals surface area (Å²) in [5.41, 5.74) is 1.16. The number of nitrogens with zero attached hydrogens (tertiary/aromatic N) is 3. The van der Waals surface area contributed by atoms with Gasteiger partial charge in [0.05, 0.1) is 17.8 Å². The summed E-state index contributed by atoms with van der Waals surface area (Å²) in [6, 6.07) is 9.15. The second-order valence-corrected chi connectivity index (χ2v) is 3.82. The first kappa shape index (κ1) is 12.2. The van der Waals surface area contributed by atoms with Crippen molar-refractivity contribution in [1.29, 1.82) is 5.26 Å². The fourth-order valence-electron chi connectivity index (χ4n) is 1.37. The summed E-state index contributed by atoms with van der Waals surface area (Å²) < 4.78 is 0. The van der Waals surface area contributed by atoms with E-state index in [0.717, 1.165) is 0 Å². The molecule has 84 valence electrons. The van der Waals surface area contributed by atoms with Crippen molar-refractivity contribution in [1.82, 2.24) is 4.90 Å². The van der Waals surface area contributed by atoms with E-state index in [1.807, 2.05) is 20.2 Å². The minimum atomic E-state index is -0.0345. The number of benzene rings is 1. The van der Waals surface area contributed by atoms with E-state index in [-0.39, 0.29) is 5.91 Å². The van der Waals surface area contributed by atoms with Gasteiger partial charge in [-0.25, -0.2) is 0 Å². The van der Waals surface area contributed by atoms with Crippen molar-refractivity contribution < 1.29 is 4.79 Å². The van der Waals surface area contributed by atoms with Gasteiger partial charge in [-0.05, 0) is 26.2 Å². The maximum absolute atomic E-state index is 11.8. The van der Waals surface area contributed by atoms with Gasteiger partial charge in [0.2, 0.25) is 5.91 Å². The van der Waals surface area contributed by atoms with E-state index in [9.17, 15) is 4.79 Å². The van der Waals surface area contributed by atoms with Gasteiger partial charge in [0.1, 0.15) is 6.07 Å². The molecule has 1 rings (SSSR count). The molecule has 0 N–H and O–H groups in total. The van der Waals surface area contributed by atoms with Gasteiger partial charge in [-0.15, -0.1) is 0 Å². The fraction of sp³-hybridized carbons (Fsp3) is 0.333. The second-order valence-electron chi connectivity index (χ2n) is 3.82. The minimum Gasteiger partial charge on any atom is -0.313 e. The molecule has 4 heteroatoms. The normalized spacial score (nSPS) is 9.94. The number of rotatable bonds is 3. The van der Waals surface area contributed by atoms with E-state index in [4.69, 9.17) is 5.26 Å². The molecule has 0 aliphatic heterocycles. The molecule has 0 radical (unpaired) electrons. The van der Waals surface area contributed by atoms with E-state index >= 15 is 0 Å². The zero-order valence-electron chi connectivity index (χ0n) is 9.77. The van der Waals surface area contributed by atoms with Gasteiger partial charge in [0.25, 0.3) is 0 Å². The third-order valence-electron chi connectivity index (χ3n) is 2.21. The number of amides is 1. The van der Waals surface area contributed by atoms with E-state index in [0.29, 0.717) is 17.8 Å². The van der Waals surface area contributed by atoms with Crippen molar-refractivity contribution in [3.05, 3.63) is 29.8 Å². The third-order valence-corrected chi connectivity index (χ3v) is 2.21. The molecule has 0 aliphatic carbocycles.